The molecule has 0 aliphatic carbocycles. The Hall–Kier alpha value is -1.89. The molecule has 0 saturated carbocycles. The Labute approximate surface area is 165 Å². The lowest BCUT2D eigenvalue weighted by atomic mass is 10.1. The van der Waals surface area contributed by atoms with Gasteiger partial charge < -0.3 is 10.2 Å². The van der Waals surface area contributed by atoms with E-state index >= 15 is 0 Å². The number of hydrogen-bond acceptors (Lipinski definition) is 3. The molecule has 2 aromatic carbocycles. The van der Waals surface area contributed by atoms with Crippen LogP contribution in [0, 0.1) is 0 Å². The smallest absolute Gasteiger partial charge is 0.276 e. The Morgan fingerprint density at radius 1 is 1.19 bits per heavy atom. The van der Waals surface area contributed by atoms with Gasteiger partial charge >= 0.3 is 0 Å². The maximum Gasteiger partial charge on any atom is 0.276 e. The fourth-order valence-electron chi connectivity index (χ4n) is 3.36. The molecule has 0 radical (unpaired) electrons. The van der Waals surface area contributed by atoms with Crippen LogP contribution < -0.4 is 10.2 Å². The van der Waals surface area contributed by atoms with Crippen molar-refractivity contribution in [3.05, 3.63) is 63.1 Å². The van der Waals surface area contributed by atoms with Crippen LogP contribution in [0.25, 0.3) is 0 Å². The standard InChI is InChI=1S/C19H18BrClN4O/c20-14-5-6-17-15(11-14)18(19(26)22-17)23-25-9-7-24(8-10-25)12-13-3-1-2-4-16(13)21/h1-6,11H,7-10,12H2,(H,22,23,26)/p+1. The molecule has 0 bridgehead atoms. The average Bonchev–Trinajstić information content (AvgIpc) is 2.94. The maximum atomic E-state index is 12.3. The van der Waals surface area contributed by atoms with Crippen molar-refractivity contribution in [3.63, 3.8) is 0 Å². The summed E-state index contributed by atoms with van der Waals surface area (Å²) in [5.41, 5.74) is 3.35. The van der Waals surface area contributed by atoms with E-state index in [1.54, 1.807) is 0 Å². The summed E-state index contributed by atoms with van der Waals surface area (Å²) in [4.78, 5) is 13.7. The van der Waals surface area contributed by atoms with Gasteiger partial charge in [-0.05, 0) is 24.3 Å². The molecule has 0 spiro atoms. The molecular formula is C19H19BrClN4O+. The van der Waals surface area contributed by atoms with Crippen molar-refractivity contribution in [2.24, 2.45) is 5.10 Å². The van der Waals surface area contributed by atoms with Gasteiger partial charge in [0.2, 0.25) is 0 Å². The van der Waals surface area contributed by atoms with Crippen molar-refractivity contribution in [1.29, 1.82) is 0 Å². The largest absolute Gasteiger partial charge is 0.328 e. The first-order chi connectivity index (χ1) is 12.6. The van der Waals surface area contributed by atoms with Crippen LogP contribution in [-0.2, 0) is 11.3 Å². The summed E-state index contributed by atoms with van der Waals surface area (Å²) >= 11 is 9.73. The average molecular weight is 435 g/mol. The van der Waals surface area contributed by atoms with Crippen molar-refractivity contribution in [2.75, 3.05) is 31.5 Å². The van der Waals surface area contributed by atoms with E-state index in [9.17, 15) is 4.79 Å². The van der Waals surface area contributed by atoms with Crippen LogP contribution >= 0.6 is 27.5 Å². The number of hydrogen-bond donors (Lipinski definition) is 2. The number of fused-ring (bicyclic) bond motifs is 1. The van der Waals surface area contributed by atoms with Crippen molar-refractivity contribution >= 4 is 44.8 Å². The van der Waals surface area contributed by atoms with Gasteiger partial charge in [0.1, 0.15) is 6.54 Å². The second kappa shape index (κ2) is 7.39. The molecule has 2 N–H and O–H groups in total. The molecule has 2 heterocycles. The number of piperazine rings is 1. The van der Waals surface area contributed by atoms with Crippen LogP contribution in [0.5, 0.6) is 0 Å². The number of hydrazone groups is 1. The van der Waals surface area contributed by atoms with E-state index in [-0.39, 0.29) is 5.91 Å². The van der Waals surface area contributed by atoms with Crippen LogP contribution in [0.1, 0.15) is 11.1 Å². The molecule has 2 aliphatic heterocycles. The summed E-state index contributed by atoms with van der Waals surface area (Å²) < 4.78 is 0.939. The summed E-state index contributed by atoms with van der Waals surface area (Å²) in [6.45, 7) is 4.49. The minimum absolute atomic E-state index is 0.135. The monoisotopic (exact) mass is 433 g/mol. The predicted molar refractivity (Wildman–Crippen MR) is 107 cm³/mol. The first-order valence-electron chi connectivity index (χ1n) is 8.62. The van der Waals surface area contributed by atoms with E-state index in [0.29, 0.717) is 5.71 Å². The highest BCUT2D eigenvalue weighted by Crippen LogP contribution is 2.27. The van der Waals surface area contributed by atoms with Gasteiger partial charge in [-0.3, -0.25) is 9.80 Å². The van der Waals surface area contributed by atoms with E-state index in [1.165, 1.54) is 10.5 Å². The summed E-state index contributed by atoms with van der Waals surface area (Å²) in [5, 5.41) is 10.3. The lowest BCUT2D eigenvalue weighted by Crippen LogP contribution is -3.13. The highest BCUT2D eigenvalue weighted by molar-refractivity contribution is 9.10. The lowest BCUT2D eigenvalue weighted by Gasteiger charge is -2.30. The predicted octanol–water partition coefficient (Wildman–Crippen LogP) is 2.16. The normalized spacial score (nSPS) is 18.9. The van der Waals surface area contributed by atoms with Crippen LogP contribution in [0.3, 0.4) is 0 Å². The number of quaternary nitrogens is 1. The van der Waals surface area contributed by atoms with E-state index < -0.39 is 0 Å². The number of benzene rings is 2. The topological polar surface area (TPSA) is 49.1 Å². The SMILES string of the molecule is O=C1Nc2ccc(Br)cc2/C1=N/N1CC[NH+](Cc2ccccc2Cl)CC1. The van der Waals surface area contributed by atoms with Gasteiger partial charge in [-0.1, -0.05) is 45.7 Å². The molecule has 1 saturated heterocycles. The Morgan fingerprint density at radius 3 is 2.73 bits per heavy atom. The van der Waals surface area contributed by atoms with Gasteiger partial charge in [-0.2, -0.15) is 5.10 Å². The third-order valence-electron chi connectivity index (χ3n) is 4.79. The Bertz CT molecular complexity index is 878. The third-order valence-corrected chi connectivity index (χ3v) is 5.65. The first-order valence-corrected chi connectivity index (χ1v) is 9.79. The number of carbonyl (C=O) groups excluding carboxylic acids is 1. The molecule has 7 heteroatoms. The minimum atomic E-state index is -0.135. The fourth-order valence-corrected chi connectivity index (χ4v) is 3.93. The zero-order valence-corrected chi connectivity index (χ0v) is 16.5. The molecule has 1 fully saturated rings. The molecular weight excluding hydrogens is 416 g/mol. The molecule has 0 unspecified atom stereocenters. The Balaban J connectivity index is 1.43. The summed E-state index contributed by atoms with van der Waals surface area (Å²) in [6.07, 6.45) is 0. The molecule has 5 nitrogen and oxygen atoms in total. The van der Waals surface area contributed by atoms with Gasteiger partial charge in [-0.25, -0.2) is 0 Å². The Morgan fingerprint density at radius 2 is 1.96 bits per heavy atom. The zero-order chi connectivity index (χ0) is 18.1. The zero-order valence-electron chi connectivity index (χ0n) is 14.1. The van der Waals surface area contributed by atoms with Crippen molar-refractivity contribution in [3.8, 4) is 0 Å². The highest BCUT2D eigenvalue weighted by Gasteiger charge is 2.28. The van der Waals surface area contributed by atoms with E-state index in [0.717, 1.165) is 53.5 Å². The number of rotatable bonds is 3. The van der Waals surface area contributed by atoms with E-state index in [1.807, 2.05) is 41.4 Å². The molecule has 26 heavy (non-hydrogen) atoms. The highest BCUT2D eigenvalue weighted by atomic mass is 79.9. The van der Waals surface area contributed by atoms with Gasteiger partial charge in [0, 0.05) is 20.6 Å². The number of nitrogens with zero attached hydrogens (tertiary/aromatic N) is 2. The molecule has 134 valence electrons. The van der Waals surface area contributed by atoms with Crippen molar-refractivity contribution in [1.82, 2.24) is 5.01 Å². The summed E-state index contributed by atoms with van der Waals surface area (Å²) in [6, 6.07) is 13.7. The minimum Gasteiger partial charge on any atom is -0.328 e. The molecule has 2 aliphatic rings. The lowest BCUT2D eigenvalue weighted by molar-refractivity contribution is -0.918. The van der Waals surface area contributed by atoms with Gasteiger partial charge in [-0.15, -0.1) is 0 Å². The van der Waals surface area contributed by atoms with Gasteiger partial charge in [0.15, 0.2) is 5.71 Å². The van der Waals surface area contributed by atoms with E-state index in [4.69, 9.17) is 11.6 Å². The molecule has 4 rings (SSSR count). The molecule has 0 aromatic heterocycles. The summed E-state index contributed by atoms with van der Waals surface area (Å²) in [5.74, 6) is -0.135. The van der Waals surface area contributed by atoms with Gasteiger partial charge in [0.05, 0.1) is 31.9 Å². The van der Waals surface area contributed by atoms with Crippen LogP contribution in [0.15, 0.2) is 52.0 Å². The summed E-state index contributed by atoms with van der Waals surface area (Å²) in [7, 11) is 0. The fraction of sp³-hybridized carbons (Fsp3) is 0.263. The number of nitrogens with one attached hydrogen (secondary N) is 2. The molecule has 1 amide bonds. The Kier molecular flexibility index (Phi) is 4.98. The van der Waals surface area contributed by atoms with Crippen LogP contribution in [0.2, 0.25) is 5.02 Å². The number of amides is 1. The second-order valence-electron chi connectivity index (χ2n) is 6.56. The van der Waals surface area contributed by atoms with Crippen LogP contribution in [-0.4, -0.2) is 42.8 Å². The van der Waals surface area contributed by atoms with Crippen molar-refractivity contribution < 1.29 is 9.69 Å². The number of halogens is 2. The first kappa shape index (κ1) is 17.5. The maximum absolute atomic E-state index is 12.3. The van der Waals surface area contributed by atoms with E-state index in [2.05, 4.69) is 32.4 Å². The number of carbonyl (C=O) groups is 1. The van der Waals surface area contributed by atoms with Crippen LogP contribution in [0.4, 0.5) is 5.69 Å². The molecule has 2 aromatic rings. The third kappa shape index (κ3) is 3.63. The quantitative estimate of drug-likeness (QED) is 0.778. The second-order valence-corrected chi connectivity index (χ2v) is 7.89. The van der Waals surface area contributed by atoms with Crippen molar-refractivity contribution in [2.45, 2.75) is 6.54 Å². The number of anilines is 1. The molecule has 0 atom stereocenters. The van der Waals surface area contributed by atoms with Gasteiger partial charge in [0.25, 0.3) is 5.91 Å².